The quantitative estimate of drug-likeness (QED) is 0.622. The Morgan fingerprint density at radius 3 is 2.33 bits per heavy atom. The standard InChI is InChI=1S/C11H25NO2S/c1-4-6-7-8-12-10-11(3)15(13,14)9-5-2/h11-12H,4-10H2,1-3H3. The van der Waals surface area contributed by atoms with E-state index in [1.165, 1.54) is 12.8 Å². The Balaban J connectivity index is 3.69. The molecular formula is C11H25NO2S. The maximum absolute atomic E-state index is 11.6. The van der Waals surface area contributed by atoms with E-state index in [1.807, 2.05) is 6.92 Å². The zero-order valence-electron chi connectivity index (χ0n) is 10.3. The van der Waals surface area contributed by atoms with E-state index in [9.17, 15) is 8.42 Å². The fourth-order valence-electron chi connectivity index (χ4n) is 1.42. The van der Waals surface area contributed by atoms with Gasteiger partial charge in [0.1, 0.15) is 0 Å². The highest BCUT2D eigenvalue weighted by molar-refractivity contribution is 7.92. The first-order chi connectivity index (χ1) is 7.04. The normalized spacial score (nSPS) is 14.1. The van der Waals surface area contributed by atoms with Gasteiger partial charge in [-0.05, 0) is 26.3 Å². The minimum absolute atomic E-state index is 0.251. The smallest absolute Gasteiger partial charge is 0.154 e. The van der Waals surface area contributed by atoms with Gasteiger partial charge in [0, 0.05) is 6.54 Å². The van der Waals surface area contributed by atoms with Gasteiger partial charge in [0.15, 0.2) is 9.84 Å². The number of hydrogen-bond donors (Lipinski definition) is 1. The predicted molar refractivity (Wildman–Crippen MR) is 65.9 cm³/mol. The van der Waals surface area contributed by atoms with Crippen LogP contribution in [0.4, 0.5) is 0 Å². The Hall–Kier alpha value is -0.0900. The summed E-state index contributed by atoms with van der Waals surface area (Å²) < 4.78 is 23.2. The lowest BCUT2D eigenvalue weighted by Gasteiger charge is -2.13. The van der Waals surface area contributed by atoms with Crippen LogP contribution in [-0.2, 0) is 9.84 Å². The highest BCUT2D eigenvalue weighted by Gasteiger charge is 2.18. The van der Waals surface area contributed by atoms with E-state index >= 15 is 0 Å². The molecule has 0 saturated carbocycles. The van der Waals surface area contributed by atoms with Crippen molar-refractivity contribution in [3.63, 3.8) is 0 Å². The second kappa shape index (κ2) is 8.11. The third kappa shape index (κ3) is 6.90. The van der Waals surface area contributed by atoms with Crippen LogP contribution in [0.1, 0.15) is 46.5 Å². The van der Waals surface area contributed by atoms with E-state index in [0.29, 0.717) is 18.7 Å². The molecule has 0 aromatic rings. The van der Waals surface area contributed by atoms with Gasteiger partial charge in [-0.15, -0.1) is 0 Å². The summed E-state index contributed by atoms with van der Waals surface area (Å²) in [6.45, 7) is 7.37. The third-order valence-electron chi connectivity index (χ3n) is 2.49. The van der Waals surface area contributed by atoms with Crippen molar-refractivity contribution in [3.8, 4) is 0 Å². The van der Waals surface area contributed by atoms with E-state index in [0.717, 1.165) is 13.0 Å². The molecule has 0 rings (SSSR count). The minimum atomic E-state index is -2.87. The molecule has 92 valence electrons. The molecule has 15 heavy (non-hydrogen) atoms. The summed E-state index contributed by atoms with van der Waals surface area (Å²) in [7, 11) is -2.87. The molecule has 0 aliphatic carbocycles. The maximum Gasteiger partial charge on any atom is 0.154 e. The summed E-state index contributed by atoms with van der Waals surface area (Å²) in [5.41, 5.74) is 0. The first kappa shape index (κ1) is 14.9. The molecule has 0 bridgehead atoms. The number of unbranched alkanes of at least 4 members (excludes halogenated alkanes) is 2. The highest BCUT2D eigenvalue weighted by atomic mass is 32.2. The molecule has 3 nitrogen and oxygen atoms in total. The third-order valence-corrected chi connectivity index (χ3v) is 4.86. The van der Waals surface area contributed by atoms with E-state index in [1.54, 1.807) is 6.92 Å². The molecule has 0 aromatic heterocycles. The predicted octanol–water partition coefficient (Wildman–Crippen LogP) is 1.98. The lowest BCUT2D eigenvalue weighted by Crippen LogP contribution is -2.33. The summed E-state index contributed by atoms with van der Waals surface area (Å²) >= 11 is 0. The van der Waals surface area contributed by atoms with Gasteiger partial charge in [-0.2, -0.15) is 0 Å². The molecule has 4 heteroatoms. The largest absolute Gasteiger partial charge is 0.315 e. The minimum Gasteiger partial charge on any atom is -0.315 e. The monoisotopic (exact) mass is 235 g/mol. The first-order valence-corrected chi connectivity index (χ1v) is 7.68. The fourth-order valence-corrected chi connectivity index (χ4v) is 2.76. The molecule has 0 aliphatic rings. The van der Waals surface area contributed by atoms with Crippen molar-refractivity contribution < 1.29 is 8.42 Å². The van der Waals surface area contributed by atoms with Crippen molar-refractivity contribution in [2.24, 2.45) is 0 Å². The van der Waals surface area contributed by atoms with Crippen LogP contribution in [0.5, 0.6) is 0 Å². The molecule has 0 spiro atoms. The molecule has 1 N–H and O–H groups in total. The van der Waals surface area contributed by atoms with E-state index < -0.39 is 9.84 Å². The molecule has 1 unspecified atom stereocenters. The van der Waals surface area contributed by atoms with Crippen LogP contribution in [0, 0.1) is 0 Å². The van der Waals surface area contributed by atoms with Crippen molar-refractivity contribution in [2.75, 3.05) is 18.8 Å². The zero-order valence-corrected chi connectivity index (χ0v) is 11.1. The summed E-state index contributed by atoms with van der Waals surface area (Å²) in [5.74, 6) is 0.310. The van der Waals surface area contributed by atoms with Crippen LogP contribution in [0.25, 0.3) is 0 Å². The Morgan fingerprint density at radius 2 is 1.80 bits per heavy atom. The summed E-state index contributed by atoms with van der Waals surface area (Å²) in [6.07, 6.45) is 4.26. The second-order valence-corrected chi connectivity index (χ2v) is 6.63. The molecule has 0 heterocycles. The van der Waals surface area contributed by atoms with Gasteiger partial charge in [0.2, 0.25) is 0 Å². The number of sulfone groups is 1. The van der Waals surface area contributed by atoms with Crippen molar-refractivity contribution >= 4 is 9.84 Å². The topological polar surface area (TPSA) is 46.2 Å². The average molecular weight is 235 g/mol. The van der Waals surface area contributed by atoms with Gasteiger partial charge < -0.3 is 5.32 Å². The molecule has 0 radical (unpaired) electrons. The molecule has 0 saturated heterocycles. The van der Waals surface area contributed by atoms with Gasteiger partial charge in [-0.25, -0.2) is 8.42 Å². The van der Waals surface area contributed by atoms with Gasteiger partial charge in [-0.3, -0.25) is 0 Å². The highest BCUT2D eigenvalue weighted by Crippen LogP contribution is 2.02. The SMILES string of the molecule is CCCCCNCC(C)S(=O)(=O)CCC. The van der Waals surface area contributed by atoms with Crippen LogP contribution in [0.15, 0.2) is 0 Å². The average Bonchev–Trinajstić information content (AvgIpc) is 2.17. The Kier molecular flexibility index (Phi) is 8.06. The molecule has 0 fully saturated rings. The Labute approximate surface area is 94.6 Å². The Morgan fingerprint density at radius 1 is 1.13 bits per heavy atom. The Bertz CT molecular complexity index is 237. The van der Waals surface area contributed by atoms with Crippen molar-refractivity contribution in [2.45, 2.75) is 51.7 Å². The zero-order chi connectivity index (χ0) is 11.7. The number of rotatable bonds is 9. The summed E-state index contributed by atoms with van der Waals surface area (Å²) in [5, 5.41) is 2.95. The van der Waals surface area contributed by atoms with Gasteiger partial charge >= 0.3 is 0 Å². The van der Waals surface area contributed by atoms with Crippen LogP contribution in [0.3, 0.4) is 0 Å². The number of hydrogen-bond acceptors (Lipinski definition) is 3. The van der Waals surface area contributed by atoms with E-state index in [-0.39, 0.29) is 5.25 Å². The second-order valence-electron chi connectivity index (χ2n) is 4.09. The number of nitrogens with one attached hydrogen (secondary N) is 1. The molecule has 1 atom stereocenters. The van der Waals surface area contributed by atoms with Crippen molar-refractivity contribution in [1.82, 2.24) is 5.32 Å². The summed E-state index contributed by atoms with van der Waals surface area (Å²) in [6, 6.07) is 0. The molecule has 0 aliphatic heterocycles. The van der Waals surface area contributed by atoms with E-state index in [2.05, 4.69) is 12.2 Å². The molecule has 0 amide bonds. The summed E-state index contributed by atoms with van der Waals surface area (Å²) in [4.78, 5) is 0. The van der Waals surface area contributed by atoms with Gasteiger partial charge in [-0.1, -0.05) is 26.7 Å². The van der Waals surface area contributed by atoms with Crippen LogP contribution in [0.2, 0.25) is 0 Å². The molecule has 0 aromatic carbocycles. The lowest BCUT2D eigenvalue weighted by atomic mass is 10.2. The van der Waals surface area contributed by atoms with Crippen LogP contribution < -0.4 is 5.32 Å². The first-order valence-electron chi connectivity index (χ1n) is 5.96. The lowest BCUT2D eigenvalue weighted by molar-refractivity contribution is 0.563. The van der Waals surface area contributed by atoms with Crippen LogP contribution in [-0.4, -0.2) is 32.5 Å². The van der Waals surface area contributed by atoms with Crippen molar-refractivity contribution in [3.05, 3.63) is 0 Å². The van der Waals surface area contributed by atoms with Crippen molar-refractivity contribution in [1.29, 1.82) is 0 Å². The molecular weight excluding hydrogens is 210 g/mol. The van der Waals surface area contributed by atoms with Gasteiger partial charge in [0.05, 0.1) is 11.0 Å². The van der Waals surface area contributed by atoms with Crippen LogP contribution >= 0.6 is 0 Å². The maximum atomic E-state index is 11.6. The van der Waals surface area contributed by atoms with Gasteiger partial charge in [0.25, 0.3) is 0 Å². The van der Waals surface area contributed by atoms with E-state index in [4.69, 9.17) is 0 Å². The fraction of sp³-hybridized carbons (Fsp3) is 1.00.